The molecule has 0 saturated carbocycles. The van der Waals surface area contributed by atoms with E-state index >= 15 is 0 Å². The molecule has 5 heteroatoms. The average Bonchev–Trinajstić information content (AvgIpc) is 3.34. The second-order valence-electron chi connectivity index (χ2n) is 7.51. The summed E-state index contributed by atoms with van der Waals surface area (Å²) in [6.07, 6.45) is 4.01. The highest BCUT2D eigenvalue weighted by Gasteiger charge is 2.13. The van der Waals surface area contributed by atoms with Crippen LogP contribution in [0.5, 0.6) is 0 Å². The van der Waals surface area contributed by atoms with Gasteiger partial charge in [-0.2, -0.15) is 0 Å². The van der Waals surface area contributed by atoms with E-state index in [4.69, 9.17) is 13.3 Å². The van der Waals surface area contributed by atoms with Crippen molar-refractivity contribution in [2.24, 2.45) is 0 Å². The van der Waals surface area contributed by atoms with Gasteiger partial charge in [-0.25, -0.2) is 0 Å². The number of hydrogen-bond acceptors (Lipinski definition) is 5. The molecule has 0 unspecified atom stereocenters. The van der Waals surface area contributed by atoms with Crippen LogP contribution < -0.4 is 0 Å². The van der Waals surface area contributed by atoms with Crippen molar-refractivity contribution in [2.45, 2.75) is 25.7 Å². The van der Waals surface area contributed by atoms with Crippen molar-refractivity contribution in [3.8, 4) is 23.0 Å². The number of hydrogen-bond donors (Lipinski definition) is 0. The van der Waals surface area contributed by atoms with E-state index in [-0.39, 0.29) is 0 Å². The Kier molecular flexibility index (Phi) is 6.58. The molecule has 0 saturated heterocycles. The van der Waals surface area contributed by atoms with Gasteiger partial charge in [0.15, 0.2) is 23.0 Å². The molecule has 0 bridgehead atoms. The van der Waals surface area contributed by atoms with E-state index < -0.39 is 0 Å². The predicted octanol–water partition coefficient (Wildman–Crippen LogP) is 4.79. The Hall–Kier alpha value is -2.24. The zero-order valence-electron chi connectivity index (χ0n) is 16.8. The lowest BCUT2D eigenvalue weighted by atomic mass is 10.2. The van der Waals surface area contributed by atoms with Crippen LogP contribution in [0, 0.1) is 0 Å². The van der Waals surface area contributed by atoms with E-state index in [0.717, 1.165) is 73.3 Å². The van der Waals surface area contributed by atoms with Crippen LogP contribution in [0.15, 0.2) is 49.6 Å². The van der Waals surface area contributed by atoms with Crippen molar-refractivity contribution >= 4 is 0 Å². The van der Waals surface area contributed by atoms with E-state index in [2.05, 4.69) is 38.0 Å². The van der Waals surface area contributed by atoms with Crippen molar-refractivity contribution in [1.29, 1.82) is 0 Å². The minimum atomic E-state index is 0.731. The van der Waals surface area contributed by atoms with Gasteiger partial charge in [0.25, 0.3) is 0 Å². The van der Waals surface area contributed by atoms with Crippen LogP contribution in [0.25, 0.3) is 23.0 Å². The summed E-state index contributed by atoms with van der Waals surface area (Å²) < 4.78 is 17.8. The van der Waals surface area contributed by atoms with Gasteiger partial charge in [0, 0.05) is 12.8 Å². The Morgan fingerprint density at radius 1 is 0.556 bits per heavy atom. The molecule has 146 valence electrons. The van der Waals surface area contributed by atoms with E-state index in [9.17, 15) is 0 Å². The van der Waals surface area contributed by atoms with Crippen LogP contribution in [0.1, 0.15) is 24.4 Å². The summed E-state index contributed by atoms with van der Waals surface area (Å²) in [4.78, 5) is 4.36. The van der Waals surface area contributed by atoms with Gasteiger partial charge in [-0.3, -0.25) is 0 Å². The minimum absolute atomic E-state index is 0.731. The fourth-order valence-corrected chi connectivity index (χ4v) is 3.03. The van der Waals surface area contributed by atoms with Gasteiger partial charge in [-0.1, -0.05) is 0 Å². The van der Waals surface area contributed by atoms with E-state index in [1.165, 1.54) is 0 Å². The first kappa shape index (κ1) is 19.5. The topological polar surface area (TPSA) is 45.9 Å². The van der Waals surface area contributed by atoms with E-state index in [0.29, 0.717) is 0 Å². The van der Waals surface area contributed by atoms with Crippen molar-refractivity contribution in [2.75, 3.05) is 41.3 Å². The standard InChI is InChI=1S/C22H30N2O3/c1-23(2)15-5-7-17-9-11-19(25-17)21-13-14-22(27-21)20-12-10-18(26-20)8-6-16-24(3)4/h9-14H,5-8,15-16H2,1-4H3. The normalized spacial score (nSPS) is 11.8. The highest BCUT2D eigenvalue weighted by Crippen LogP contribution is 2.31. The third kappa shape index (κ3) is 5.62. The third-order valence-electron chi connectivity index (χ3n) is 4.47. The summed E-state index contributed by atoms with van der Waals surface area (Å²) in [5.74, 6) is 4.97. The van der Waals surface area contributed by atoms with Crippen molar-refractivity contribution in [3.63, 3.8) is 0 Å². The number of nitrogens with zero attached hydrogens (tertiary/aromatic N) is 2. The fraction of sp³-hybridized carbons (Fsp3) is 0.455. The molecular formula is C22H30N2O3. The maximum Gasteiger partial charge on any atom is 0.170 e. The molecule has 3 aromatic rings. The van der Waals surface area contributed by atoms with Crippen LogP contribution in [-0.2, 0) is 12.8 Å². The van der Waals surface area contributed by atoms with Gasteiger partial charge in [-0.15, -0.1) is 0 Å². The maximum atomic E-state index is 5.96. The summed E-state index contributed by atoms with van der Waals surface area (Å²) in [5.41, 5.74) is 0. The second kappa shape index (κ2) is 9.11. The quantitative estimate of drug-likeness (QED) is 0.513. The predicted molar refractivity (Wildman–Crippen MR) is 108 cm³/mol. The zero-order chi connectivity index (χ0) is 19.2. The minimum Gasteiger partial charge on any atom is -0.458 e. The first-order chi connectivity index (χ1) is 13.0. The lowest BCUT2D eigenvalue weighted by Gasteiger charge is -2.07. The first-order valence-electron chi connectivity index (χ1n) is 9.59. The highest BCUT2D eigenvalue weighted by atomic mass is 16.4. The van der Waals surface area contributed by atoms with Gasteiger partial charge in [0.2, 0.25) is 0 Å². The summed E-state index contributed by atoms with van der Waals surface area (Å²) in [5, 5.41) is 0. The Morgan fingerprint density at radius 3 is 1.33 bits per heavy atom. The Morgan fingerprint density at radius 2 is 0.926 bits per heavy atom. The van der Waals surface area contributed by atoms with E-state index in [1.54, 1.807) is 0 Å². The molecule has 0 amide bonds. The highest BCUT2D eigenvalue weighted by molar-refractivity contribution is 5.58. The molecule has 27 heavy (non-hydrogen) atoms. The molecule has 0 N–H and O–H groups in total. The molecule has 0 radical (unpaired) electrons. The van der Waals surface area contributed by atoms with E-state index in [1.807, 2.05) is 36.4 Å². The molecule has 3 rings (SSSR count). The monoisotopic (exact) mass is 370 g/mol. The van der Waals surface area contributed by atoms with Gasteiger partial charge < -0.3 is 23.1 Å². The summed E-state index contributed by atoms with van der Waals surface area (Å²) in [6, 6.07) is 11.9. The number of rotatable bonds is 10. The van der Waals surface area contributed by atoms with Crippen LogP contribution in [0.4, 0.5) is 0 Å². The molecule has 0 aliphatic heterocycles. The Balaban J connectivity index is 1.60. The smallest absolute Gasteiger partial charge is 0.170 e. The van der Waals surface area contributed by atoms with Crippen molar-refractivity contribution in [1.82, 2.24) is 9.80 Å². The molecule has 0 fully saturated rings. The molecule has 3 heterocycles. The summed E-state index contributed by atoms with van der Waals surface area (Å²) >= 11 is 0. The zero-order valence-corrected chi connectivity index (χ0v) is 16.8. The van der Waals surface area contributed by atoms with Gasteiger partial charge >= 0.3 is 0 Å². The first-order valence-corrected chi connectivity index (χ1v) is 9.59. The lowest BCUT2D eigenvalue weighted by Crippen LogP contribution is -2.13. The van der Waals surface area contributed by atoms with Crippen LogP contribution >= 0.6 is 0 Å². The second-order valence-corrected chi connectivity index (χ2v) is 7.51. The molecule has 3 aromatic heterocycles. The van der Waals surface area contributed by atoms with Crippen LogP contribution in [0.2, 0.25) is 0 Å². The lowest BCUT2D eigenvalue weighted by molar-refractivity contribution is 0.389. The van der Waals surface area contributed by atoms with Gasteiger partial charge in [-0.05, 0) is 90.5 Å². The summed E-state index contributed by atoms with van der Waals surface area (Å²) in [7, 11) is 8.33. The SMILES string of the molecule is CN(C)CCCc1ccc(-c2ccc(-c3ccc(CCCN(C)C)o3)o2)o1. The van der Waals surface area contributed by atoms with Crippen molar-refractivity contribution in [3.05, 3.63) is 47.9 Å². The summed E-state index contributed by atoms with van der Waals surface area (Å²) in [6.45, 7) is 2.10. The largest absolute Gasteiger partial charge is 0.458 e. The average molecular weight is 370 g/mol. The molecule has 5 nitrogen and oxygen atoms in total. The maximum absolute atomic E-state index is 5.96. The fourth-order valence-electron chi connectivity index (χ4n) is 3.03. The van der Waals surface area contributed by atoms with Gasteiger partial charge in [0.1, 0.15) is 11.5 Å². The molecule has 0 atom stereocenters. The number of aryl methyl sites for hydroxylation is 2. The Bertz CT molecular complexity index is 759. The molecular weight excluding hydrogens is 340 g/mol. The van der Waals surface area contributed by atoms with Crippen molar-refractivity contribution < 1.29 is 13.3 Å². The molecule has 0 aliphatic carbocycles. The van der Waals surface area contributed by atoms with Gasteiger partial charge in [0.05, 0.1) is 0 Å². The van der Waals surface area contributed by atoms with Crippen LogP contribution in [0.3, 0.4) is 0 Å². The molecule has 0 aliphatic rings. The van der Waals surface area contributed by atoms with Crippen LogP contribution in [-0.4, -0.2) is 51.1 Å². The third-order valence-corrected chi connectivity index (χ3v) is 4.47. The molecule has 0 spiro atoms. The molecule has 0 aromatic carbocycles. The number of furan rings is 3. The Labute approximate surface area is 161 Å².